The maximum atomic E-state index is 12.7. The lowest BCUT2D eigenvalue weighted by Gasteiger charge is -2.10. The number of rotatable bonds is 1. The molecule has 0 saturated carbocycles. The van der Waals surface area contributed by atoms with E-state index in [0.717, 1.165) is 16.8 Å². The molecule has 0 fully saturated rings. The Balaban J connectivity index is 1.89. The average Bonchev–Trinajstić information content (AvgIpc) is 2.89. The monoisotopic (exact) mass is 339 g/mol. The molecule has 3 rings (SSSR count). The van der Waals surface area contributed by atoms with Crippen LogP contribution in [-0.4, -0.2) is 15.8 Å². The van der Waals surface area contributed by atoms with Crippen LogP contribution < -0.4 is 5.32 Å². The van der Waals surface area contributed by atoms with Crippen molar-refractivity contribution in [1.82, 2.24) is 9.78 Å². The molecule has 1 N–H and O–H groups in total. The quantitative estimate of drug-likeness (QED) is 0.693. The van der Waals surface area contributed by atoms with Gasteiger partial charge in [-0.05, 0) is 36.4 Å². The second-order valence-electron chi connectivity index (χ2n) is 4.77. The number of fused-ring (bicyclic) bond motifs is 1. The molecule has 1 aromatic heterocycles. The molecule has 0 saturated heterocycles. The van der Waals surface area contributed by atoms with Gasteiger partial charge in [0.1, 0.15) is 0 Å². The molecule has 23 heavy (non-hydrogen) atoms. The summed E-state index contributed by atoms with van der Waals surface area (Å²) in [6.45, 7) is 0. The molecule has 2 aromatic carbocycles. The summed E-state index contributed by atoms with van der Waals surface area (Å²) in [5.41, 5.74) is -0.311. The lowest BCUT2D eigenvalue weighted by Crippen LogP contribution is -2.20. The standard InChI is InChI=1S/C15H9ClF3N3O/c16-11-4-5-13-9(6-11)8-20-22(13)14(23)21-12-3-1-2-10(7-12)15(17,18)19/h1-8H,(H,21,23). The fourth-order valence-corrected chi connectivity index (χ4v) is 2.30. The molecule has 0 aliphatic rings. The Morgan fingerprint density at radius 2 is 1.96 bits per heavy atom. The lowest BCUT2D eigenvalue weighted by molar-refractivity contribution is -0.137. The van der Waals surface area contributed by atoms with Crippen molar-refractivity contribution in [1.29, 1.82) is 0 Å². The highest BCUT2D eigenvalue weighted by Gasteiger charge is 2.30. The number of nitrogens with one attached hydrogen (secondary N) is 1. The van der Waals surface area contributed by atoms with E-state index in [1.165, 1.54) is 18.3 Å². The van der Waals surface area contributed by atoms with Gasteiger partial charge in [-0.15, -0.1) is 0 Å². The van der Waals surface area contributed by atoms with Gasteiger partial charge in [-0.25, -0.2) is 4.79 Å². The smallest absolute Gasteiger partial charge is 0.306 e. The van der Waals surface area contributed by atoms with Crippen molar-refractivity contribution in [3.05, 3.63) is 59.2 Å². The number of hydrogen-bond acceptors (Lipinski definition) is 2. The van der Waals surface area contributed by atoms with Gasteiger partial charge < -0.3 is 5.32 Å². The topological polar surface area (TPSA) is 46.9 Å². The Bertz CT molecular complexity index is 889. The van der Waals surface area contributed by atoms with Crippen molar-refractivity contribution in [2.75, 3.05) is 5.32 Å². The van der Waals surface area contributed by atoms with E-state index in [4.69, 9.17) is 11.6 Å². The van der Waals surface area contributed by atoms with Crippen molar-refractivity contribution < 1.29 is 18.0 Å². The Kier molecular flexibility index (Phi) is 3.73. The van der Waals surface area contributed by atoms with Crippen LogP contribution in [0.2, 0.25) is 5.02 Å². The number of hydrogen-bond donors (Lipinski definition) is 1. The number of nitrogens with zero attached hydrogens (tertiary/aromatic N) is 2. The first-order valence-electron chi connectivity index (χ1n) is 6.46. The summed E-state index contributed by atoms with van der Waals surface area (Å²) in [7, 11) is 0. The zero-order chi connectivity index (χ0) is 16.6. The maximum Gasteiger partial charge on any atom is 0.416 e. The molecule has 0 aliphatic carbocycles. The van der Waals surface area contributed by atoms with Crippen LogP contribution in [0.25, 0.3) is 10.9 Å². The van der Waals surface area contributed by atoms with Crippen LogP contribution in [0.1, 0.15) is 5.56 Å². The first kappa shape index (κ1) is 15.4. The van der Waals surface area contributed by atoms with E-state index in [0.29, 0.717) is 15.9 Å². The minimum Gasteiger partial charge on any atom is -0.306 e. The molecule has 118 valence electrons. The van der Waals surface area contributed by atoms with Gasteiger partial charge in [0.2, 0.25) is 0 Å². The Morgan fingerprint density at radius 1 is 1.17 bits per heavy atom. The number of alkyl halides is 3. The molecule has 0 aliphatic heterocycles. The van der Waals surface area contributed by atoms with E-state index in [-0.39, 0.29) is 5.69 Å². The van der Waals surface area contributed by atoms with E-state index < -0.39 is 17.8 Å². The fraction of sp³-hybridized carbons (Fsp3) is 0.0667. The molecule has 3 aromatic rings. The normalized spacial score (nSPS) is 11.7. The number of benzene rings is 2. The molecule has 0 atom stereocenters. The van der Waals surface area contributed by atoms with E-state index in [1.807, 2.05) is 0 Å². The van der Waals surface area contributed by atoms with Crippen molar-refractivity contribution in [2.24, 2.45) is 0 Å². The highest BCUT2D eigenvalue weighted by Crippen LogP contribution is 2.30. The van der Waals surface area contributed by atoms with Crippen LogP contribution in [0.3, 0.4) is 0 Å². The van der Waals surface area contributed by atoms with Crippen LogP contribution in [0.15, 0.2) is 48.7 Å². The zero-order valence-electron chi connectivity index (χ0n) is 11.4. The summed E-state index contributed by atoms with van der Waals surface area (Å²) < 4.78 is 39.1. The van der Waals surface area contributed by atoms with Gasteiger partial charge in [-0.2, -0.15) is 23.0 Å². The number of amides is 1. The number of anilines is 1. The first-order chi connectivity index (χ1) is 10.8. The van der Waals surface area contributed by atoms with E-state index in [1.54, 1.807) is 18.2 Å². The molecule has 8 heteroatoms. The van der Waals surface area contributed by atoms with E-state index >= 15 is 0 Å². The van der Waals surface area contributed by atoms with Gasteiger partial charge in [0, 0.05) is 16.1 Å². The van der Waals surface area contributed by atoms with Crippen molar-refractivity contribution in [2.45, 2.75) is 6.18 Å². The summed E-state index contributed by atoms with van der Waals surface area (Å²) in [5, 5.41) is 7.46. The van der Waals surface area contributed by atoms with Crippen molar-refractivity contribution >= 4 is 34.2 Å². The number of aromatic nitrogens is 2. The van der Waals surface area contributed by atoms with Crippen LogP contribution >= 0.6 is 11.6 Å². The molecule has 0 spiro atoms. The van der Waals surface area contributed by atoms with Gasteiger partial charge in [-0.1, -0.05) is 17.7 Å². The predicted octanol–water partition coefficient (Wildman–Crippen LogP) is 4.79. The zero-order valence-corrected chi connectivity index (χ0v) is 12.2. The van der Waals surface area contributed by atoms with E-state index in [9.17, 15) is 18.0 Å². The summed E-state index contributed by atoms with van der Waals surface area (Å²) in [4.78, 5) is 12.2. The molecule has 4 nitrogen and oxygen atoms in total. The third-order valence-electron chi connectivity index (χ3n) is 3.16. The molecule has 1 heterocycles. The van der Waals surface area contributed by atoms with Gasteiger partial charge in [-0.3, -0.25) is 0 Å². The van der Waals surface area contributed by atoms with Gasteiger partial charge in [0.25, 0.3) is 0 Å². The minimum atomic E-state index is -4.48. The number of carbonyl (C=O) groups is 1. The Morgan fingerprint density at radius 3 is 2.70 bits per heavy atom. The van der Waals surface area contributed by atoms with Crippen LogP contribution in [0, 0.1) is 0 Å². The Labute approximate surface area is 133 Å². The molecule has 0 bridgehead atoms. The third-order valence-corrected chi connectivity index (χ3v) is 3.40. The van der Waals surface area contributed by atoms with Gasteiger partial charge in [0.05, 0.1) is 17.3 Å². The number of halogens is 4. The van der Waals surface area contributed by atoms with Crippen LogP contribution in [-0.2, 0) is 6.18 Å². The summed E-state index contributed by atoms with van der Waals surface area (Å²) in [5.74, 6) is 0. The lowest BCUT2D eigenvalue weighted by atomic mass is 10.2. The van der Waals surface area contributed by atoms with Crippen molar-refractivity contribution in [3.8, 4) is 0 Å². The van der Waals surface area contributed by atoms with Crippen LogP contribution in [0.4, 0.5) is 23.7 Å². The van der Waals surface area contributed by atoms with Crippen molar-refractivity contribution in [3.63, 3.8) is 0 Å². The minimum absolute atomic E-state index is 0.0300. The molecular weight excluding hydrogens is 331 g/mol. The van der Waals surface area contributed by atoms with Gasteiger partial charge >= 0.3 is 12.2 Å². The van der Waals surface area contributed by atoms with Gasteiger partial charge in [0.15, 0.2) is 0 Å². The highest BCUT2D eigenvalue weighted by molar-refractivity contribution is 6.31. The third kappa shape index (κ3) is 3.14. The first-order valence-corrected chi connectivity index (χ1v) is 6.84. The maximum absolute atomic E-state index is 12.7. The predicted molar refractivity (Wildman–Crippen MR) is 80.6 cm³/mol. The SMILES string of the molecule is O=C(Nc1cccc(C(F)(F)F)c1)n1ncc2cc(Cl)ccc21. The molecular formula is C15H9ClF3N3O. The second-order valence-corrected chi connectivity index (χ2v) is 5.20. The number of carbonyl (C=O) groups excluding carboxylic acids is 1. The summed E-state index contributed by atoms with van der Waals surface area (Å²) >= 11 is 5.85. The Hall–Kier alpha value is -2.54. The average molecular weight is 340 g/mol. The summed E-state index contributed by atoms with van der Waals surface area (Å²) in [6, 6.07) is 8.56. The highest BCUT2D eigenvalue weighted by atomic mass is 35.5. The molecule has 0 unspecified atom stereocenters. The largest absolute Gasteiger partial charge is 0.416 e. The molecule has 1 amide bonds. The fourth-order valence-electron chi connectivity index (χ4n) is 2.12. The second kappa shape index (κ2) is 5.58. The molecule has 0 radical (unpaired) electrons. The van der Waals surface area contributed by atoms with E-state index in [2.05, 4.69) is 10.4 Å². The van der Waals surface area contributed by atoms with Crippen LogP contribution in [0.5, 0.6) is 0 Å². The summed E-state index contributed by atoms with van der Waals surface area (Å²) in [6.07, 6.45) is -3.02.